The number of carbonyl (C=O) groups is 3. The molecule has 1 aromatic rings. The van der Waals surface area contributed by atoms with Crippen LogP contribution in [0.5, 0.6) is 0 Å². The topological polar surface area (TPSA) is 175 Å². The fourth-order valence-electron chi connectivity index (χ4n) is 3.52. The minimum Gasteiger partial charge on any atom is -0.465 e. The molecule has 1 aliphatic carbocycles. The zero-order chi connectivity index (χ0) is 25.7. The van der Waals surface area contributed by atoms with Gasteiger partial charge in [-0.2, -0.15) is 5.26 Å². The van der Waals surface area contributed by atoms with Crippen molar-refractivity contribution in [1.82, 2.24) is 0 Å². The van der Waals surface area contributed by atoms with Crippen LogP contribution in [0.15, 0.2) is 29.8 Å². The predicted molar refractivity (Wildman–Crippen MR) is 119 cm³/mol. The monoisotopic (exact) mass is 494 g/mol. The number of nitro benzene ring substituents is 1. The van der Waals surface area contributed by atoms with Crippen molar-refractivity contribution in [2.24, 2.45) is 5.41 Å². The Labute approximate surface area is 195 Å². The van der Waals surface area contributed by atoms with Gasteiger partial charge in [0, 0.05) is 17.7 Å². The summed E-state index contributed by atoms with van der Waals surface area (Å²) in [7, 11) is -3.34. The Kier molecular flexibility index (Phi) is 8.47. The molecule has 1 atom stereocenters. The van der Waals surface area contributed by atoms with Crippen molar-refractivity contribution >= 4 is 41.8 Å². The highest BCUT2D eigenvalue weighted by Crippen LogP contribution is 2.56. The number of nitriles is 1. The number of nitrogens with zero attached hydrogens (tertiary/aromatic N) is 2. The minimum absolute atomic E-state index is 0.152. The molecule has 13 heteroatoms. The quantitative estimate of drug-likeness (QED) is 0.175. The summed E-state index contributed by atoms with van der Waals surface area (Å²) in [4.78, 5) is 61.7. The van der Waals surface area contributed by atoms with Gasteiger partial charge in [0.1, 0.15) is 5.29 Å². The molecule has 0 heterocycles. The van der Waals surface area contributed by atoms with Crippen molar-refractivity contribution in [3.63, 3.8) is 0 Å². The van der Waals surface area contributed by atoms with Gasteiger partial charge in [-0.1, -0.05) is 12.1 Å². The first kappa shape index (κ1) is 26.9. The summed E-state index contributed by atoms with van der Waals surface area (Å²) >= 11 is 0. The maximum Gasteiger partial charge on any atom is 0.339 e. The second kappa shape index (κ2) is 10.7. The van der Waals surface area contributed by atoms with Crippen LogP contribution in [0.1, 0.15) is 26.3 Å². The highest BCUT2D eigenvalue weighted by molar-refractivity contribution is 7.65. The summed E-state index contributed by atoms with van der Waals surface area (Å²) in [6.45, 7) is 3.90. The smallest absolute Gasteiger partial charge is 0.339 e. The number of non-ortho nitro benzene ring substituents is 1. The number of hydrogen-bond donors (Lipinski definition) is 1. The lowest BCUT2D eigenvalue weighted by atomic mass is 9.78. The van der Waals surface area contributed by atoms with Crippen LogP contribution >= 0.6 is 7.57 Å². The summed E-state index contributed by atoms with van der Waals surface area (Å²) in [5.74, 6) is -3.82. The third kappa shape index (κ3) is 4.38. The molecule has 0 spiro atoms. The Hall–Kier alpha value is -3.36. The van der Waals surface area contributed by atoms with Crippen LogP contribution in [0.25, 0.3) is 5.57 Å². The second-order valence-corrected chi connectivity index (χ2v) is 8.67. The zero-order valence-electron chi connectivity index (χ0n) is 18.9. The number of carbonyl (C=O) groups excluding carboxylic acids is 3. The molecule has 182 valence electrons. The van der Waals surface area contributed by atoms with Crippen LogP contribution in [0.3, 0.4) is 0 Å². The Morgan fingerprint density at radius 1 is 1.21 bits per heavy atom. The molecule has 1 aliphatic rings. The molecule has 0 aromatic heterocycles. The van der Waals surface area contributed by atoms with Crippen LogP contribution in [0.2, 0.25) is 0 Å². The molecule has 0 aliphatic heterocycles. The Morgan fingerprint density at radius 2 is 1.82 bits per heavy atom. The highest BCUT2D eigenvalue weighted by Gasteiger charge is 2.63. The second-order valence-electron chi connectivity index (χ2n) is 6.66. The van der Waals surface area contributed by atoms with Gasteiger partial charge >= 0.3 is 11.9 Å². The first-order valence-electron chi connectivity index (χ1n) is 10.1. The fraction of sp³-hybridized carbons (Fsp3) is 0.381. The van der Waals surface area contributed by atoms with Gasteiger partial charge in [-0.05, 0) is 26.3 Å². The number of ketones is 1. The van der Waals surface area contributed by atoms with Gasteiger partial charge in [-0.25, -0.2) is 9.59 Å². The number of Topliss-reactive ketones (excluding diaryl/α,β-unsaturated/α-hetero) is 1. The van der Waals surface area contributed by atoms with Crippen LogP contribution < -0.4 is 0 Å². The van der Waals surface area contributed by atoms with Crippen molar-refractivity contribution in [3.05, 3.63) is 45.5 Å². The van der Waals surface area contributed by atoms with E-state index < -0.39 is 57.8 Å². The number of rotatable bonds is 9. The van der Waals surface area contributed by atoms with Gasteiger partial charge < -0.3 is 23.4 Å². The zero-order valence-corrected chi connectivity index (χ0v) is 19.8. The first-order valence-corrected chi connectivity index (χ1v) is 11.7. The van der Waals surface area contributed by atoms with Gasteiger partial charge in [-0.15, -0.1) is 0 Å². The van der Waals surface area contributed by atoms with Crippen molar-refractivity contribution in [2.75, 3.05) is 26.9 Å². The van der Waals surface area contributed by atoms with Gasteiger partial charge in [-0.3, -0.25) is 14.9 Å². The molecule has 0 saturated heterocycles. The van der Waals surface area contributed by atoms with E-state index in [2.05, 4.69) is 0 Å². The van der Waals surface area contributed by atoms with E-state index in [1.54, 1.807) is 6.07 Å². The van der Waals surface area contributed by atoms with E-state index in [9.17, 15) is 34.7 Å². The number of esters is 2. The molecule has 0 bridgehead atoms. The Bertz CT molecular complexity index is 1160. The summed E-state index contributed by atoms with van der Waals surface area (Å²) < 4.78 is 20.5. The van der Waals surface area contributed by atoms with Gasteiger partial charge in [0.25, 0.3) is 13.3 Å². The number of methoxy groups -OCH3 is 1. The molecule has 0 amide bonds. The molecule has 0 radical (unpaired) electrons. The Morgan fingerprint density at radius 3 is 2.29 bits per heavy atom. The van der Waals surface area contributed by atoms with E-state index in [0.717, 1.165) is 19.2 Å². The number of hydrogen-bond acceptors (Lipinski definition) is 11. The standard InChI is InChI=1S/C21H23N2O10P/c1-5-31-20(26)21(12-22)16(13-9-8-10-14(11-13)23(27)28)15(19(25)30-4)17(18(21)24)34(29,32-6-2)33-7-3/h8-11,29H,5-7H2,1-4H3. The summed E-state index contributed by atoms with van der Waals surface area (Å²) in [6.07, 6.45) is 0. The molecule has 2 rings (SSSR count). The van der Waals surface area contributed by atoms with E-state index in [4.69, 9.17) is 18.5 Å². The molecule has 34 heavy (non-hydrogen) atoms. The number of ether oxygens (including phenoxy) is 2. The van der Waals surface area contributed by atoms with E-state index in [0.29, 0.717) is 0 Å². The lowest BCUT2D eigenvalue weighted by Gasteiger charge is -2.23. The fourth-order valence-corrected chi connectivity index (χ4v) is 5.46. The summed E-state index contributed by atoms with van der Waals surface area (Å²) in [6, 6.07) is 6.27. The van der Waals surface area contributed by atoms with Crippen LogP contribution in [-0.2, 0) is 32.9 Å². The SMILES string of the molecule is CCOC(=O)C1(C#N)C(=O)C(=P(O)(OCC)OCC)C(C(=O)OC)=C1c1cccc([N+](=O)[O-])c1. The molecule has 1 N–H and O–H groups in total. The van der Waals surface area contributed by atoms with Crippen molar-refractivity contribution in [3.8, 4) is 6.07 Å². The van der Waals surface area contributed by atoms with Crippen LogP contribution in [-0.4, -0.2) is 59.8 Å². The minimum atomic E-state index is -4.32. The van der Waals surface area contributed by atoms with Crippen molar-refractivity contribution in [2.45, 2.75) is 20.8 Å². The molecule has 12 nitrogen and oxygen atoms in total. The van der Waals surface area contributed by atoms with Crippen molar-refractivity contribution < 1.29 is 42.7 Å². The number of benzene rings is 1. The average molecular weight is 494 g/mol. The third-order valence-electron chi connectivity index (χ3n) is 4.79. The van der Waals surface area contributed by atoms with Gasteiger partial charge in [0.05, 0.1) is 43.5 Å². The van der Waals surface area contributed by atoms with Crippen LogP contribution in [0.4, 0.5) is 5.69 Å². The van der Waals surface area contributed by atoms with E-state index in [1.165, 1.54) is 32.9 Å². The molecular formula is C21H23N2O10P. The van der Waals surface area contributed by atoms with E-state index >= 15 is 0 Å². The first-order chi connectivity index (χ1) is 16.1. The predicted octanol–water partition coefficient (Wildman–Crippen LogP) is 2.18. The van der Waals surface area contributed by atoms with E-state index in [1.807, 2.05) is 0 Å². The summed E-state index contributed by atoms with van der Waals surface area (Å²) in [5.41, 5.74) is -4.58. The largest absolute Gasteiger partial charge is 0.465 e. The maximum absolute atomic E-state index is 13.8. The molecule has 1 unspecified atom stereocenters. The lowest BCUT2D eigenvalue weighted by Crippen LogP contribution is -2.40. The molecular weight excluding hydrogens is 471 g/mol. The third-order valence-corrected chi connectivity index (χ3v) is 7.00. The van der Waals surface area contributed by atoms with Crippen molar-refractivity contribution in [1.29, 1.82) is 5.26 Å². The average Bonchev–Trinajstić information content (AvgIpc) is 3.09. The molecule has 0 fully saturated rings. The normalized spacial score (nSPS) is 18.0. The maximum atomic E-state index is 13.8. The van der Waals surface area contributed by atoms with E-state index in [-0.39, 0.29) is 25.4 Å². The number of nitro groups is 1. The molecule has 0 saturated carbocycles. The highest BCUT2D eigenvalue weighted by atomic mass is 31.2. The van der Waals surface area contributed by atoms with Crippen LogP contribution in [0, 0.1) is 26.9 Å². The lowest BCUT2D eigenvalue weighted by molar-refractivity contribution is -0.384. The Balaban J connectivity index is 3.21. The summed E-state index contributed by atoms with van der Waals surface area (Å²) in [5, 5.41) is 20.8. The van der Waals surface area contributed by atoms with Gasteiger partial charge in [0.2, 0.25) is 11.2 Å². The van der Waals surface area contributed by atoms with Gasteiger partial charge in [0.15, 0.2) is 0 Å². The molecule has 1 aromatic carbocycles.